The predicted octanol–water partition coefficient (Wildman–Crippen LogP) is 2.48. The number of hydrogen-bond donors (Lipinski definition) is 2. The molecule has 0 saturated carbocycles. The lowest BCUT2D eigenvalue weighted by molar-refractivity contribution is -0.141. The Bertz CT molecular complexity index is 645. The van der Waals surface area contributed by atoms with Crippen LogP contribution in [0.15, 0.2) is 30.6 Å². The van der Waals surface area contributed by atoms with Gasteiger partial charge in [-0.05, 0) is 25.7 Å². The number of hydrogen-bond acceptors (Lipinski definition) is 6. The predicted molar refractivity (Wildman–Crippen MR) is 85.6 cm³/mol. The molecule has 0 aliphatic heterocycles. The minimum atomic E-state index is -4.54. The molecule has 6 nitrogen and oxygen atoms in total. The van der Waals surface area contributed by atoms with E-state index in [0.717, 1.165) is 11.6 Å². The van der Waals surface area contributed by atoms with Crippen molar-refractivity contribution < 1.29 is 13.2 Å². The average molecular weight is 340 g/mol. The summed E-state index contributed by atoms with van der Waals surface area (Å²) in [5.41, 5.74) is -0.148. The van der Waals surface area contributed by atoms with Crippen molar-refractivity contribution in [3.8, 4) is 0 Å². The summed E-state index contributed by atoms with van der Waals surface area (Å²) in [5.74, 6) is 0.0499. The van der Waals surface area contributed by atoms with Gasteiger partial charge < -0.3 is 15.5 Å². The van der Waals surface area contributed by atoms with E-state index in [1.807, 2.05) is 25.1 Å². The topological polar surface area (TPSA) is 66.0 Å². The Hall–Kier alpha value is -2.42. The molecule has 24 heavy (non-hydrogen) atoms. The first-order chi connectivity index (χ1) is 11.3. The third kappa shape index (κ3) is 5.65. The SMILES string of the molecule is CN(C)CCNc1nc(NCc2cccnc2)cc(C(F)(F)F)n1. The highest BCUT2D eigenvalue weighted by molar-refractivity contribution is 5.43. The van der Waals surface area contributed by atoms with Gasteiger partial charge >= 0.3 is 6.18 Å². The van der Waals surface area contributed by atoms with E-state index in [-0.39, 0.29) is 11.8 Å². The molecule has 0 fully saturated rings. The standard InChI is InChI=1S/C15H19F3N6/c1-24(2)7-6-20-14-22-12(15(16,17)18)8-13(23-14)21-10-11-4-3-5-19-9-11/h3-5,8-9H,6-7,10H2,1-2H3,(H2,20,21,22,23). The van der Waals surface area contributed by atoms with Crippen molar-refractivity contribution in [3.63, 3.8) is 0 Å². The molecule has 0 bridgehead atoms. The Labute approximate surface area is 138 Å². The molecule has 9 heteroatoms. The number of halogens is 3. The van der Waals surface area contributed by atoms with Gasteiger partial charge in [-0.1, -0.05) is 6.07 Å². The summed E-state index contributed by atoms with van der Waals surface area (Å²) in [6.45, 7) is 1.41. The van der Waals surface area contributed by atoms with Crippen LogP contribution in [0.5, 0.6) is 0 Å². The van der Waals surface area contributed by atoms with Crippen LogP contribution in [-0.4, -0.2) is 47.0 Å². The van der Waals surface area contributed by atoms with E-state index in [4.69, 9.17) is 0 Å². The summed E-state index contributed by atoms with van der Waals surface area (Å²) in [6.07, 6.45) is -1.27. The molecule has 0 aromatic carbocycles. The first-order valence-electron chi connectivity index (χ1n) is 7.32. The molecule has 0 unspecified atom stereocenters. The van der Waals surface area contributed by atoms with Gasteiger partial charge in [-0.2, -0.15) is 18.2 Å². The van der Waals surface area contributed by atoms with Crippen molar-refractivity contribution in [1.29, 1.82) is 0 Å². The molecule has 0 amide bonds. The fourth-order valence-electron chi connectivity index (χ4n) is 1.85. The number of nitrogens with one attached hydrogen (secondary N) is 2. The molecule has 0 spiro atoms. The molecule has 2 aromatic heterocycles. The van der Waals surface area contributed by atoms with E-state index in [1.54, 1.807) is 18.5 Å². The quantitative estimate of drug-likeness (QED) is 0.807. The van der Waals surface area contributed by atoms with Crippen LogP contribution in [0, 0.1) is 0 Å². The van der Waals surface area contributed by atoms with Crippen molar-refractivity contribution in [2.45, 2.75) is 12.7 Å². The summed E-state index contributed by atoms with van der Waals surface area (Å²) in [6, 6.07) is 4.47. The molecule has 0 atom stereocenters. The second-order valence-electron chi connectivity index (χ2n) is 5.40. The van der Waals surface area contributed by atoms with E-state index in [2.05, 4.69) is 25.6 Å². The third-order valence-electron chi connectivity index (χ3n) is 3.06. The van der Waals surface area contributed by atoms with Crippen molar-refractivity contribution in [2.75, 3.05) is 37.8 Å². The maximum absolute atomic E-state index is 13.0. The first-order valence-corrected chi connectivity index (χ1v) is 7.32. The third-order valence-corrected chi connectivity index (χ3v) is 3.06. The summed E-state index contributed by atoms with van der Waals surface area (Å²) >= 11 is 0. The lowest BCUT2D eigenvalue weighted by Gasteiger charge is -2.14. The first kappa shape index (κ1) is 17.9. The normalized spacial score (nSPS) is 11.6. The minimum absolute atomic E-state index is 0.0552. The molecular formula is C15H19F3N6. The number of pyridine rings is 1. The summed E-state index contributed by atoms with van der Waals surface area (Å²) in [7, 11) is 3.74. The van der Waals surface area contributed by atoms with Gasteiger partial charge in [0.15, 0.2) is 5.69 Å². The van der Waals surface area contributed by atoms with Crippen LogP contribution in [0.4, 0.5) is 24.9 Å². The van der Waals surface area contributed by atoms with Gasteiger partial charge in [0.2, 0.25) is 5.95 Å². The molecule has 2 aromatic rings. The van der Waals surface area contributed by atoms with Gasteiger partial charge in [0.05, 0.1) is 0 Å². The Balaban J connectivity index is 2.13. The lowest BCUT2D eigenvalue weighted by atomic mass is 10.3. The highest BCUT2D eigenvalue weighted by Gasteiger charge is 2.33. The van der Waals surface area contributed by atoms with Crippen molar-refractivity contribution in [1.82, 2.24) is 19.9 Å². The van der Waals surface area contributed by atoms with Crippen molar-refractivity contribution in [2.24, 2.45) is 0 Å². The summed E-state index contributed by atoms with van der Waals surface area (Å²) in [4.78, 5) is 13.5. The second kappa shape index (κ2) is 7.91. The van der Waals surface area contributed by atoms with Gasteiger partial charge in [0.25, 0.3) is 0 Å². The largest absolute Gasteiger partial charge is 0.433 e. The second-order valence-corrected chi connectivity index (χ2v) is 5.40. The van der Waals surface area contributed by atoms with Gasteiger partial charge in [-0.3, -0.25) is 4.98 Å². The van der Waals surface area contributed by atoms with Gasteiger partial charge in [0, 0.05) is 38.1 Å². The number of nitrogens with zero attached hydrogens (tertiary/aromatic N) is 4. The molecular weight excluding hydrogens is 321 g/mol. The van der Waals surface area contributed by atoms with Crippen molar-refractivity contribution in [3.05, 3.63) is 41.9 Å². The molecule has 2 N–H and O–H groups in total. The molecule has 0 aliphatic carbocycles. The molecule has 0 aliphatic rings. The van der Waals surface area contributed by atoms with Crippen LogP contribution >= 0.6 is 0 Å². The van der Waals surface area contributed by atoms with Gasteiger partial charge in [0.1, 0.15) is 5.82 Å². The smallest absolute Gasteiger partial charge is 0.366 e. The van der Waals surface area contributed by atoms with Crippen LogP contribution in [0.25, 0.3) is 0 Å². The van der Waals surface area contributed by atoms with E-state index in [1.165, 1.54) is 0 Å². The zero-order valence-electron chi connectivity index (χ0n) is 13.4. The molecule has 130 valence electrons. The molecule has 0 radical (unpaired) electrons. The minimum Gasteiger partial charge on any atom is -0.366 e. The average Bonchev–Trinajstić information content (AvgIpc) is 2.52. The number of likely N-dealkylation sites (N-methyl/N-ethyl adjacent to an activating group) is 1. The van der Waals surface area contributed by atoms with E-state index in [9.17, 15) is 13.2 Å². The zero-order chi connectivity index (χ0) is 17.6. The fourth-order valence-corrected chi connectivity index (χ4v) is 1.85. The summed E-state index contributed by atoms with van der Waals surface area (Å²) in [5, 5.41) is 5.68. The number of anilines is 2. The maximum Gasteiger partial charge on any atom is 0.433 e. The molecule has 0 saturated heterocycles. The highest BCUT2D eigenvalue weighted by atomic mass is 19.4. The van der Waals surface area contributed by atoms with E-state index in [0.29, 0.717) is 19.6 Å². The monoisotopic (exact) mass is 340 g/mol. The maximum atomic E-state index is 13.0. The Kier molecular flexibility index (Phi) is 5.91. The van der Waals surface area contributed by atoms with Crippen LogP contribution in [0.1, 0.15) is 11.3 Å². The fraction of sp³-hybridized carbons (Fsp3) is 0.400. The van der Waals surface area contributed by atoms with Crippen LogP contribution in [-0.2, 0) is 12.7 Å². The van der Waals surface area contributed by atoms with Crippen LogP contribution in [0.3, 0.4) is 0 Å². The Morgan fingerprint density at radius 1 is 1.17 bits per heavy atom. The number of rotatable bonds is 7. The number of aromatic nitrogens is 3. The van der Waals surface area contributed by atoms with Crippen molar-refractivity contribution >= 4 is 11.8 Å². The summed E-state index contributed by atoms with van der Waals surface area (Å²) < 4.78 is 39.0. The Morgan fingerprint density at radius 2 is 1.96 bits per heavy atom. The Morgan fingerprint density at radius 3 is 2.58 bits per heavy atom. The lowest BCUT2D eigenvalue weighted by Crippen LogP contribution is -2.22. The van der Waals surface area contributed by atoms with Crippen LogP contribution in [0.2, 0.25) is 0 Å². The molecule has 2 heterocycles. The van der Waals surface area contributed by atoms with E-state index < -0.39 is 11.9 Å². The highest BCUT2D eigenvalue weighted by Crippen LogP contribution is 2.29. The zero-order valence-corrected chi connectivity index (χ0v) is 13.4. The van der Waals surface area contributed by atoms with Crippen LogP contribution < -0.4 is 10.6 Å². The van der Waals surface area contributed by atoms with Gasteiger partial charge in [-0.25, -0.2) is 4.98 Å². The van der Waals surface area contributed by atoms with Gasteiger partial charge in [-0.15, -0.1) is 0 Å². The number of alkyl halides is 3. The molecule has 2 rings (SSSR count). The van der Waals surface area contributed by atoms with E-state index >= 15 is 0 Å².